The molecule has 0 aliphatic carbocycles. The highest BCUT2D eigenvalue weighted by Crippen LogP contribution is 2.14. The van der Waals surface area contributed by atoms with Crippen molar-refractivity contribution in [3.8, 4) is 0 Å². The molecule has 24 heavy (non-hydrogen) atoms. The Balaban J connectivity index is 1.40. The monoisotopic (exact) mass is 329 g/mol. The fourth-order valence-electron chi connectivity index (χ4n) is 3.47. The Hall–Kier alpha value is -1.88. The van der Waals surface area contributed by atoms with E-state index in [0.29, 0.717) is 18.5 Å². The van der Waals surface area contributed by atoms with Gasteiger partial charge in [-0.3, -0.25) is 9.59 Å². The molecule has 0 atom stereocenters. The van der Waals surface area contributed by atoms with Gasteiger partial charge in [-0.05, 0) is 63.0 Å². The number of nitrogens with one attached hydrogen (secondary N) is 1. The van der Waals surface area contributed by atoms with Crippen LogP contribution in [0.2, 0.25) is 0 Å². The maximum absolute atomic E-state index is 12.2. The van der Waals surface area contributed by atoms with Gasteiger partial charge >= 0.3 is 0 Å². The fraction of sp³-hybridized carbons (Fsp3) is 0.579. The Morgan fingerprint density at radius 2 is 1.79 bits per heavy atom. The minimum Gasteiger partial charge on any atom is -0.352 e. The number of rotatable bonds is 7. The third-order valence-electron chi connectivity index (χ3n) is 4.90. The van der Waals surface area contributed by atoms with Crippen molar-refractivity contribution in [3.05, 3.63) is 35.4 Å². The summed E-state index contributed by atoms with van der Waals surface area (Å²) in [6.45, 7) is 5.70. The van der Waals surface area contributed by atoms with Crippen molar-refractivity contribution in [3.63, 3.8) is 0 Å². The molecule has 0 bridgehead atoms. The minimum absolute atomic E-state index is 0.0137. The van der Waals surface area contributed by atoms with Gasteiger partial charge < -0.3 is 15.1 Å². The molecular formula is C19H27N3O2. The van der Waals surface area contributed by atoms with E-state index in [0.717, 1.165) is 38.0 Å². The van der Waals surface area contributed by atoms with Crippen molar-refractivity contribution < 1.29 is 9.59 Å². The highest BCUT2D eigenvalue weighted by molar-refractivity contribution is 5.94. The van der Waals surface area contributed by atoms with Crippen molar-refractivity contribution in [2.45, 2.75) is 38.6 Å². The van der Waals surface area contributed by atoms with E-state index in [2.05, 4.69) is 10.2 Å². The van der Waals surface area contributed by atoms with E-state index in [1.165, 1.54) is 25.9 Å². The van der Waals surface area contributed by atoms with E-state index in [1.807, 2.05) is 29.2 Å². The average molecular weight is 329 g/mol. The fourth-order valence-corrected chi connectivity index (χ4v) is 3.47. The predicted octanol–water partition coefficient (Wildman–Crippen LogP) is 2.02. The summed E-state index contributed by atoms with van der Waals surface area (Å²) >= 11 is 0. The molecule has 2 fully saturated rings. The highest BCUT2D eigenvalue weighted by Gasteiger charge is 2.20. The summed E-state index contributed by atoms with van der Waals surface area (Å²) in [5.74, 6) is 0.218. The van der Waals surface area contributed by atoms with E-state index in [4.69, 9.17) is 0 Å². The van der Waals surface area contributed by atoms with Gasteiger partial charge in [-0.15, -0.1) is 0 Å². The van der Waals surface area contributed by atoms with Crippen LogP contribution >= 0.6 is 0 Å². The number of hydrogen-bond donors (Lipinski definition) is 1. The Morgan fingerprint density at radius 1 is 1.04 bits per heavy atom. The molecule has 0 saturated carbocycles. The Kier molecular flexibility index (Phi) is 5.86. The zero-order valence-corrected chi connectivity index (χ0v) is 14.3. The van der Waals surface area contributed by atoms with Crippen LogP contribution in [0.15, 0.2) is 24.3 Å². The second-order valence-electron chi connectivity index (χ2n) is 6.77. The van der Waals surface area contributed by atoms with E-state index < -0.39 is 0 Å². The largest absolute Gasteiger partial charge is 0.352 e. The predicted molar refractivity (Wildman–Crippen MR) is 93.7 cm³/mol. The lowest BCUT2D eigenvalue weighted by molar-refractivity contribution is -0.128. The van der Waals surface area contributed by atoms with Gasteiger partial charge in [0, 0.05) is 31.6 Å². The molecule has 2 aliphatic heterocycles. The van der Waals surface area contributed by atoms with Crippen LogP contribution in [0.3, 0.4) is 0 Å². The summed E-state index contributed by atoms with van der Waals surface area (Å²) in [6, 6.07) is 7.60. The summed E-state index contributed by atoms with van der Waals surface area (Å²) in [4.78, 5) is 28.2. The Labute approximate surface area is 144 Å². The molecule has 2 heterocycles. The van der Waals surface area contributed by atoms with Gasteiger partial charge in [-0.1, -0.05) is 12.1 Å². The third kappa shape index (κ3) is 4.57. The van der Waals surface area contributed by atoms with Crippen molar-refractivity contribution in [2.24, 2.45) is 0 Å². The molecule has 1 aromatic carbocycles. The van der Waals surface area contributed by atoms with Gasteiger partial charge in [0.05, 0.1) is 0 Å². The van der Waals surface area contributed by atoms with Crippen molar-refractivity contribution in [1.82, 2.24) is 15.1 Å². The van der Waals surface area contributed by atoms with Crippen LogP contribution in [0.25, 0.3) is 0 Å². The maximum Gasteiger partial charge on any atom is 0.251 e. The Bertz CT molecular complexity index is 564. The summed E-state index contributed by atoms with van der Waals surface area (Å²) in [6.07, 6.45) is 5.24. The molecule has 1 aromatic rings. The van der Waals surface area contributed by atoms with Crippen LogP contribution in [-0.2, 0) is 11.3 Å². The van der Waals surface area contributed by atoms with Gasteiger partial charge in [0.15, 0.2) is 0 Å². The number of hydrogen-bond acceptors (Lipinski definition) is 3. The second kappa shape index (κ2) is 8.29. The van der Waals surface area contributed by atoms with Gasteiger partial charge in [0.1, 0.15) is 0 Å². The van der Waals surface area contributed by atoms with Crippen molar-refractivity contribution in [2.75, 3.05) is 32.7 Å². The topological polar surface area (TPSA) is 52.7 Å². The SMILES string of the molecule is O=C(NCCCN1CCCC1)c1ccc(CN2CCCC2=O)cc1. The third-order valence-corrected chi connectivity index (χ3v) is 4.90. The molecule has 2 saturated heterocycles. The molecule has 0 radical (unpaired) electrons. The van der Waals surface area contributed by atoms with Gasteiger partial charge in [0.25, 0.3) is 5.91 Å². The molecule has 1 N–H and O–H groups in total. The average Bonchev–Trinajstić information content (AvgIpc) is 3.25. The normalized spacial score (nSPS) is 18.3. The maximum atomic E-state index is 12.2. The summed E-state index contributed by atoms with van der Waals surface area (Å²) in [7, 11) is 0. The summed E-state index contributed by atoms with van der Waals surface area (Å²) in [5, 5.41) is 2.99. The first kappa shape index (κ1) is 17.0. The zero-order chi connectivity index (χ0) is 16.8. The molecule has 0 aromatic heterocycles. The van der Waals surface area contributed by atoms with Crippen LogP contribution in [0, 0.1) is 0 Å². The molecule has 130 valence electrons. The van der Waals surface area contributed by atoms with Crippen LogP contribution < -0.4 is 5.32 Å². The number of carbonyl (C=O) groups is 2. The number of likely N-dealkylation sites (tertiary alicyclic amines) is 2. The first-order valence-corrected chi connectivity index (χ1v) is 9.10. The molecule has 0 spiro atoms. The lowest BCUT2D eigenvalue weighted by atomic mass is 10.1. The Morgan fingerprint density at radius 3 is 2.46 bits per heavy atom. The molecule has 2 aliphatic rings. The summed E-state index contributed by atoms with van der Waals surface area (Å²) in [5.41, 5.74) is 1.77. The first-order chi connectivity index (χ1) is 11.7. The molecule has 5 nitrogen and oxygen atoms in total. The van der Waals surface area contributed by atoms with Gasteiger partial charge in [-0.25, -0.2) is 0 Å². The highest BCUT2D eigenvalue weighted by atomic mass is 16.2. The van der Waals surface area contributed by atoms with Gasteiger partial charge in [0.2, 0.25) is 5.91 Å². The van der Waals surface area contributed by atoms with Crippen molar-refractivity contribution in [1.29, 1.82) is 0 Å². The standard InChI is InChI=1S/C19H27N3O2/c23-18-5-3-14-22(18)15-16-6-8-17(9-7-16)19(24)20-10-4-13-21-11-1-2-12-21/h6-9H,1-5,10-15H2,(H,20,24). The van der Waals surface area contributed by atoms with Crippen molar-refractivity contribution >= 4 is 11.8 Å². The molecular weight excluding hydrogens is 302 g/mol. The van der Waals surface area contributed by atoms with Crippen LogP contribution in [-0.4, -0.2) is 54.3 Å². The summed E-state index contributed by atoms with van der Waals surface area (Å²) < 4.78 is 0. The number of benzene rings is 1. The number of amides is 2. The molecule has 2 amide bonds. The zero-order valence-electron chi connectivity index (χ0n) is 14.3. The van der Waals surface area contributed by atoms with E-state index in [-0.39, 0.29) is 11.8 Å². The minimum atomic E-state index is -0.0137. The lowest BCUT2D eigenvalue weighted by Gasteiger charge is -2.16. The van der Waals surface area contributed by atoms with E-state index >= 15 is 0 Å². The van der Waals surface area contributed by atoms with Gasteiger partial charge in [-0.2, -0.15) is 0 Å². The van der Waals surface area contributed by atoms with E-state index in [9.17, 15) is 9.59 Å². The quantitative estimate of drug-likeness (QED) is 0.779. The van der Waals surface area contributed by atoms with Crippen LogP contribution in [0.4, 0.5) is 0 Å². The molecule has 0 unspecified atom stereocenters. The molecule has 5 heteroatoms. The first-order valence-electron chi connectivity index (χ1n) is 9.10. The van der Waals surface area contributed by atoms with Crippen LogP contribution in [0.5, 0.6) is 0 Å². The smallest absolute Gasteiger partial charge is 0.251 e. The number of nitrogens with zero attached hydrogens (tertiary/aromatic N) is 2. The van der Waals surface area contributed by atoms with E-state index in [1.54, 1.807) is 0 Å². The lowest BCUT2D eigenvalue weighted by Crippen LogP contribution is -2.28. The molecule has 3 rings (SSSR count). The second-order valence-corrected chi connectivity index (χ2v) is 6.77. The van der Waals surface area contributed by atoms with Crippen LogP contribution in [0.1, 0.15) is 48.0 Å². The number of carbonyl (C=O) groups excluding carboxylic acids is 2.